The van der Waals surface area contributed by atoms with Crippen LogP contribution < -0.4 is 11.1 Å². The molecular formula is C13H21ClN2O. The van der Waals surface area contributed by atoms with Gasteiger partial charge in [-0.2, -0.15) is 0 Å². The highest BCUT2D eigenvalue weighted by atomic mass is 35.5. The van der Waals surface area contributed by atoms with Crippen LogP contribution in [-0.4, -0.2) is 18.5 Å². The van der Waals surface area contributed by atoms with Gasteiger partial charge in [0.1, 0.15) is 0 Å². The Labute approximate surface area is 109 Å². The Hall–Kier alpha value is -1.06. The van der Waals surface area contributed by atoms with Gasteiger partial charge < -0.3 is 11.1 Å². The van der Waals surface area contributed by atoms with Crippen LogP contribution in [0.1, 0.15) is 26.3 Å². The third kappa shape index (κ3) is 4.02. The number of benzene rings is 1. The third-order valence-electron chi connectivity index (χ3n) is 2.79. The van der Waals surface area contributed by atoms with Gasteiger partial charge in [-0.25, -0.2) is 0 Å². The van der Waals surface area contributed by atoms with Crippen molar-refractivity contribution in [2.24, 2.45) is 5.73 Å². The smallest absolute Gasteiger partial charge is 0.230 e. The van der Waals surface area contributed by atoms with E-state index in [1.165, 1.54) is 0 Å². The van der Waals surface area contributed by atoms with Gasteiger partial charge >= 0.3 is 0 Å². The molecule has 0 bridgehead atoms. The van der Waals surface area contributed by atoms with Crippen molar-refractivity contribution < 1.29 is 4.79 Å². The second-order valence-electron chi connectivity index (χ2n) is 4.60. The van der Waals surface area contributed by atoms with Crippen molar-refractivity contribution in [3.63, 3.8) is 0 Å². The van der Waals surface area contributed by atoms with Crippen LogP contribution in [0.15, 0.2) is 30.3 Å². The SMILES string of the molecule is C[C@H](CN)NC(=O)C(C)(C)c1ccccc1.Cl. The maximum Gasteiger partial charge on any atom is 0.230 e. The minimum absolute atomic E-state index is 0. The highest BCUT2D eigenvalue weighted by Gasteiger charge is 2.29. The third-order valence-corrected chi connectivity index (χ3v) is 2.79. The first-order chi connectivity index (χ1) is 7.48. The van der Waals surface area contributed by atoms with E-state index in [1.807, 2.05) is 51.1 Å². The van der Waals surface area contributed by atoms with Crippen LogP contribution in [0.2, 0.25) is 0 Å². The van der Waals surface area contributed by atoms with E-state index in [1.54, 1.807) is 0 Å². The predicted octanol–water partition coefficient (Wildman–Crippen LogP) is 1.85. The molecule has 0 aliphatic rings. The van der Waals surface area contributed by atoms with E-state index >= 15 is 0 Å². The summed E-state index contributed by atoms with van der Waals surface area (Å²) in [4.78, 5) is 12.1. The summed E-state index contributed by atoms with van der Waals surface area (Å²) in [6.45, 7) is 6.19. The molecule has 0 saturated carbocycles. The minimum Gasteiger partial charge on any atom is -0.352 e. The van der Waals surface area contributed by atoms with Crippen molar-refractivity contribution in [2.45, 2.75) is 32.2 Å². The fourth-order valence-electron chi connectivity index (χ4n) is 1.45. The van der Waals surface area contributed by atoms with Crippen molar-refractivity contribution in [3.05, 3.63) is 35.9 Å². The van der Waals surface area contributed by atoms with E-state index < -0.39 is 5.41 Å². The van der Waals surface area contributed by atoms with E-state index in [4.69, 9.17) is 5.73 Å². The Morgan fingerprint density at radius 3 is 2.35 bits per heavy atom. The Kier molecular flexibility index (Phi) is 6.21. The largest absolute Gasteiger partial charge is 0.352 e. The quantitative estimate of drug-likeness (QED) is 0.864. The minimum atomic E-state index is -0.523. The molecule has 4 heteroatoms. The van der Waals surface area contributed by atoms with Gasteiger partial charge in [0.15, 0.2) is 0 Å². The Balaban J connectivity index is 0.00000256. The molecule has 3 N–H and O–H groups in total. The van der Waals surface area contributed by atoms with Crippen LogP contribution in [0.25, 0.3) is 0 Å². The lowest BCUT2D eigenvalue weighted by Crippen LogP contribution is -2.46. The van der Waals surface area contributed by atoms with E-state index in [9.17, 15) is 4.79 Å². The molecule has 3 nitrogen and oxygen atoms in total. The van der Waals surface area contributed by atoms with Gasteiger partial charge in [0.25, 0.3) is 0 Å². The van der Waals surface area contributed by atoms with Crippen LogP contribution in [-0.2, 0) is 10.2 Å². The average Bonchev–Trinajstić information content (AvgIpc) is 2.29. The average molecular weight is 257 g/mol. The first-order valence-corrected chi connectivity index (χ1v) is 5.55. The molecule has 17 heavy (non-hydrogen) atoms. The monoisotopic (exact) mass is 256 g/mol. The van der Waals surface area contributed by atoms with Crippen molar-refractivity contribution in [1.82, 2.24) is 5.32 Å². The van der Waals surface area contributed by atoms with Gasteiger partial charge in [0, 0.05) is 12.6 Å². The second-order valence-corrected chi connectivity index (χ2v) is 4.60. The molecule has 0 aromatic heterocycles. The molecular weight excluding hydrogens is 236 g/mol. The molecule has 0 spiro atoms. The zero-order valence-electron chi connectivity index (χ0n) is 10.6. The summed E-state index contributed by atoms with van der Waals surface area (Å²) in [5, 5.41) is 2.90. The van der Waals surface area contributed by atoms with Crippen molar-refractivity contribution in [1.29, 1.82) is 0 Å². The first kappa shape index (κ1) is 15.9. The van der Waals surface area contributed by atoms with Crippen LogP contribution in [0, 0.1) is 0 Å². The second kappa shape index (κ2) is 6.62. The van der Waals surface area contributed by atoms with Crippen LogP contribution in [0.3, 0.4) is 0 Å². The molecule has 0 aliphatic heterocycles. The molecule has 0 radical (unpaired) electrons. The highest BCUT2D eigenvalue weighted by molar-refractivity contribution is 5.87. The Morgan fingerprint density at radius 1 is 1.35 bits per heavy atom. The summed E-state index contributed by atoms with van der Waals surface area (Å²) >= 11 is 0. The molecule has 0 unspecified atom stereocenters. The van der Waals surface area contributed by atoms with E-state index in [2.05, 4.69) is 5.32 Å². The number of carbonyl (C=O) groups excluding carboxylic acids is 1. The van der Waals surface area contributed by atoms with Gasteiger partial charge in [-0.15, -0.1) is 12.4 Å². The summed E-state index contributed by atoms with van der Waals surface area (Å²) in [6.07, 6.45) is 0. The normalized spacial score (nSPS) is 12.5. The van der Waals surface area contributed by atoms with E-state index in [-0.39, 0.29) is 24.4 Å². The fourth-order valence-corrected chi connectivity index (χ4v) is 1.45. The molecule has 0 aliphatic carbocycles. The zero-order valence-corrected chi connectivity index (χ0v) is 11.4. The summed E-state index contributed by atoms with van der Waals surface area (Å²) in [7, 11) is 0. The van der Waals surface area contributed by atoms with E-state index in [0.717, 1.165) is 5.56 Å². The van der Waals surface area contributed by atoms with Gasteiger partial charge in [0.2, 0.25) is 5.91 Å². The van der Waals surface area contributed by atoms with Crippen molar-refractivity contribution in [2.75, 3.05) is 6.54 Å². The summed E-state index contributed by atoms with van der Waals surface area (Å²) < 4.78 is 0. The lowest BCUT2D eigenvalue weighted by atomic mass is 9.83. The number of hydrogen-bond donors (Lipinski definition) is 2. The standard InChI is InChI=1S/C13H20N2O.ClH/c1-10(9-14)15-12(16)13(2,3)11-7-5-4-6-8-11;/h4-8,10H,9,14H2,1-3H3,(H,15,16);1H/t10-;/m1./s1. The lowest BCUT2D eigenvalue weighted by molar-refractivity contribution is -0.126. The molecule has 0 saturated heterocycles. The zero-order chi connectivity index (χ0) is 12.2. The van der Waals surface area contributed by atoms with Crippen molar-refractivity contribution >= 4 is 18.3 Å². The number of halogens is 1. The molecule has 1 atom stereocenters. The molecule has 1 rings (SSSR count). The fraction of sp³-hybridized carbons (Fsp3) is 0.462. The molecule has 1 aromatic carbocycles. The van der Waals surface area contributed by atoms with E-state index in [0.29, 0.717) is 6.54 Å². The van der Waals surface area contributed by atoms with Gasteiger partial charge in [0.05, 0.1) is 5.41 Å². The molecule has 0 heterocycles. The molecule has 1 aromatic rings. The van der Waals surface area contributed by atoms with Crippen LogP contribution in [0.4, 0.5) is 0 Å². The summed E-state index contributed by atoms with van der Waals surface area (Å²) in [5.74, 6) is 0.0108. The molecule has 1 amide bonds. The van der Waals surface area contributed by atoms with Gasteiger partial charge in [-0.3, -0.25) is 4.79 Å². The first-order valence-electron chi connectivity index (χ1n) is 5.55. The van der Waals surface area contributed by atoms with Gasteiger partial charge in [-0.1, -0.05) is 30.3 Å². The summed E-state index contributed by atoms with van der Waals surface area (Å²) in [5.41, 5.74) is 5.98. The van der Waals surface area contributed by atoms with Crippen LogP contribution in [0.5, 0.6) is 0 Å². The number of hydrogen-bond acceptors (Lipinski definition) is 2. The van der Waals surface area contributed by atoms with Crippen molar-refractivity contribution in [3.8, 4) is 0 Å². The topological polar surface area (TPSA) is 55.1 Å². The summed E-state index contributed by atoms with van der Waals surface area (Å²) in [6, 6.07) is 9.77. The number of amides is 1. The predicted molar refractivity (Wildman–Crippen MR) is 73.4 cm³/mol. The number of nitrogens with two attached hydrogens (primary N) is 1. The Bertz CT molecular complexity index is 352. The highest BCUT2D eigenvalue weighted by Crippen LogP contribution is 2.22. The lowest BCUT2D eigenvalue weighted by Gasteiger charge is -2.26. The van der Waals surface area contributed by atoms with Crippen LogP contribution >= 0.6 is 12.4 Å². The number of rotatable bonds is 4. The number of carbonyl (C=O) groups is 1. The van der Waals surface area contributed by atoms with Gasteiger partial charge in [-0.05, 0) is 26.3 Å². The Morgan fingerprint density at radius 2 is 1.88 bits per heavy atom. The number of nitrogens with one attached hydrogen (secondary N) is 1. The molecule has 0 fully saturated rings. The maximum atomic E-state index is 12.1. The molecule has 96 valence electrons. The maximum absolute atomic E-state index is 12.1.